The Bertz CT molecular complexity index is 1190. The van der Waals surface area contributed by atoms with E-state index in [0.717, 1.165) is 11.4 Å². The summed E-state index contributed by atoms with van der Waals surface area (Å²) >= 11 is 0. The van der Waals surface area contributed by atoms with Crippen molar-refractivity contribution in [3.05, 3.63) is 65.1 Å². The molecule has 0 N–H and O–H groups in total. The van der Waals surface area contributed by atoms with E-state index in [2.05, 4.69) is 15.2 Å². The average Bonchev–Trinajstić information content (AvgIpc) is 3.54. The Morgan fingerprint density at radius 1 is 1.09 bits per heavy atom. The fraction of sp³-hybridized carbons (Fsp3) is 0.458. The van der Waals surface area contributed by atoms with E-state index in [4.69, 9.17) is 4.52 Å². The van der Waals surface area contributed by atoms with E-state index < -0.39 is 5.41 Å². The Kier molecular flexibility index (Phi) is 5.26. The van der Waals surface area contributed by atoms with E-state index in [1.807, 2.05) is 64.7 Å². The molecular weight excluding hydrogens is 420 g/mol. The fourth-order valence-electron chi connectivity index (χ4n) is 5.24. The van der Waals surface area contributed by atoms with Crippen molar-refractivity contribution in [1.29, 1.82) is 0 Å². The van der Waals surface area contributed by atoms with Gasteiger partial charge in [-0.1, -0.05) is 23.4 Å². The molecule has 0 unspecified atom stereocenters. The third-order valence-corrected chi connectivity index (χ3v) is 6.86. The van der Waals surface area contributed by atoms with Gasteiger partial charge in [-0.3, -0.25) is 14.3 Å². The molecular formula is C24H28N6O3. The van der Waals surface area contributed by atoms with E-state index >= 15 is 0 Å². The van der Waals surface area contributed by atoms with Crippen molar-refractivity contribution >= 4 is 11.8 Å². The molecule has 0 radical (unpaired) electrons. The van der Waals surface area contributed by atoms with Gasteiger partial charge < -0.3 is 14.3 Å². The summed E-state index contributed by atoms with van der Waals surface area (Å²) in [6.07, 6.45) is 0.375. The summed E-state index contributed by atoms with van der Waals surface area (Å²) in [7, 11) is 0. The molecule has 172 valence electrons. The van der Waals surface area contributed by atoms with Crippen LogP contribution < -0.4 is 0 Å². The van der Waals surface area contributed by atoms with Crippen LogP contribution in [0.5, 0.6) is 0 Å². The first-order chi connectivity index (χ1) is 15.9. The van der Waals surface area contributed by atoms with Crippen LogP contribution in [0.1, 0.15) is 39.9 Å². The first kappa shape index (κ1) is 21.4. The second-order valence-electron chi connectivity index (χ2n) is 9.23. The quantitative estimate of drug-likeness (QED) is 0.593. The van der Waals surface area contributed by atoms with Crippen LogP contribution in [-0.4, -0.2) is 67.7 Å². The SMILES string of the molecule is Cc1cc(C)n(CCC(=O)N2C[C@H]3CN(C(=O)c4ccccc4)C[C@@]3(c3nc(C)no3)C2)n1. The average molecular weight is 449 g/mol. The summed E-state index contributed by atoms with van der Waals surface area (Å²) in [5.74, 6) is 1.18. The summed E-state index contributed by atoms with van der Waals surface area (Å²) in [5.41, 5.74) is 2.11. The van der Waals surface area contributed by atoms with Crippen LogP contribution in [0.15, 0.2) is 40.9 Å². The topological polar surface area (TPSA) is 97.4 Å². The zero-order chi connectivity index (χ0) is 23.2. The fourth-order valence-corrected chi connectivity index (χ4v) is 5.24. The van der Waals surface area contributed by atoms with Crippen LogP contribution in [0, 0.1) is 26.7 Å². The van der Waals surface area contributed by atoms with Gasteiger partial charge in [0.15, 0.2) is 5.82 Å². The molecule has 9 heteroatoms. The molecule has 2 fully saturated rings. The van der Waals surface area contributed by atoms with E-state index in [-0.39, 0.29) is 17.7 Å². The number of fused-ring (bicyclic) bond motifs is 1. The lowest BCUT2D eigenvalue weighted by molar-refractivity contribution is -0.130. The number of aryl methyl sites for hydroxylation is 4. The summed E-state index contributed by atoms with van der Waals surface area (Å²) in [5, 5.41) is 8.45. The van der Waals surface area contributed by atoms with Crippen molar-refractivity contribution in [2.45, 2.75) is 39.2 Å². The minimum absolute atomic E-state index is 0.0111. The standard InChI is InChI=1S/C24H28N6O3/c1-16-11-17(2)30(26-16)10-9-21(31)28-12-20-13-29(22(32)19-7-5-4-6-8-19)15-24(20,14-28)23-25-18(3)27-33-23/h4-8,11,20H,9-10,12-15H2,1-3H3/t20-,24-/m0/s1. The molecule has 2 aliphatic rings. The Morgan fingerprint density at radius 2 is 1.82 bits per heavy atom. The number of hydrogen-bond donors (Lipinski definition) is 0. The third-order valence-electron chi connectivity index (χ3n) is 6.86. The Morgan fingerprint density at radius 3 is 2.48 bits per heavy atom. The number of aromatic nitrogens is 4. The van der Waals surface area contributed by atoms with Crippen molar-refractivity contribution in [3.63, 3.8) is 0 Å². The molecule has 1 aromatic carbocycles. The van der Waals surface area contributed by atoms with E-state index in [1.54, 1.807) is 6.92 Å². The highest BCUT2D eigenvalue weighted by Crippen LogP contribution is 2.44. The van der Waals surface area contributed by atoms with Gasteiger partial charge in [-0.05, 0) is 39.0 Å². The van der Waals surface area contributed by atoms with Crippen molar-refractivity contribution in [3.8, 4) is 0 Å². The van der Waals surface area contributed by atoms with Gasteiger partial charge >= 0.3 is 0 Å². The van der Waals surface area contributed by atoms with Gasteiger partial charge in [-0.15, -0.1) is 0 Å². The number of likely N-dealkylation sites (tertiary alicyclic amines) is 2. The van der Waals surface area contributed by atoms with Crippen molar-refractivity contribution in [2.24, 2.45) is 5.92 Å². The number of amides is 2. The molecule has 33 heavy (non-hydrogen) atoms. The molecule has 5 rings (SSSR count). The Balaban J connectivity index is 1.34. The summed E-state index contributed by atoms with van der Waals surface area (Å²) in [6, 6.07) is 11.3. The predicted molar refractivity (Wildman–Crippen MR) is 119 cm³/mol. The zero-order valence-corrected chi connectivity index (χ0v) is 19.2. The van der Waals surface area contributed by atoms with Crippen LogP contribution in [0.4, 0.5) is 0 Å². The monoisotopic (exact) mass is 448 g/mol. The molecule has 2 saturated heterocycles. The van der Waals surface area contributed by atoms with Crippen LogP contribution in [0.3, 0.4) is 0 Å². The molecule has 2 aromatic heterocycles. The molecule has 3 aromatic rings. The van der Waals surface area contributed by atoms with Crippen molar-refractivity contribution < 1.29 is 14.1 Å². The van der Waals surface area contributed by atoms with Gasteiger partial charge in [-0.25, -0.2) is 0 Å². The Labute approximate surface area is 192 Å². The molecule has 9 nitrogen and oxygen atoms in total. The maximum Gasteiger partial charge on any atom is 0.253 e. The van der Waals surface area contributed by atoms with Gasteiger partial charge in [-0.2, -0.15) is 10.1 Å². The van der Waals surface area contributed by atoms with Crippen molar-refractivity contribution in [2.75, 3.05) is 26.2 Å². The maximum absolute atomic E-state index is 13.1. The third kappa shape index (κ3) is 3.81. The summed E-state index contributed by atoms with van der Waals surface area (Å²) in [6.45, 7) is 8.31. The molecule has 2 aliphatic heterocycles. The minimum atomic E-state index is -0.542. The second-order valence-corrected chi connectivity index (χ2v) is 9.23. The molecule has 4 heterocycles. The highest BCUT2D eigenvalue weighted by atomic mass is 16.5. The zero-order valence-electron chi connectivity index (χ0n) is 19.2. The first-order valence-electron chi connectivity index (χ1n) is 11.3. The number of hydrogen-bond acceptors (Lipinski definition) is 6. The number of carbonyl (C=O) groups excluding carboxylic acids is 2. The lowest BCUT2D eigenvalue weighted by atomic mass is 9.81. The smallest absolute Gasteiger partial charge is 0.253 e. The van der Waals surface area contributed by atoms with E-state index in [1.165, 1.54) is 0 Å². The highest BCUT2D eigenvalue weighted by molar-refractivity contribution is 5.94. The van der Waals surface area contributed by atoms with Crippen LogP contribution in [0.2, 0.25) is 0 Å². The van der Waals surface area contributed by atoms with Gasteiger partial charge in [0, 0.05) is 56.3 Å². The van der Waals surface area contributed by atoms with Crippen molar-refractivity contribution in [1.82, 2.24) is 29.7 Å². The predicted octanol–water partition coefficient (Wildman–Crippen LogP) is 2.13. The maximum atomic E-state index is 13.1. The van der Waals surface area contributed by atoms with Gasteiger partial charge in [0.2, 0.25) is 11.8 Å². The molecule has 2 amide bonds. The molecule has 0 saturated carbocycles. The largest absolute Gasteiger partial charge is 0.341 e. The van der Waals surface area contributed by atoms with Crippen LogP contribution in [-0.2, 0) is 16.8 Å². The normalized spacial score (nSPS) is 22.1. The summed E-state index contributed by atoms with van der Waals surface area (Å²) in [4.78, 5) is 34.5. The van der Waals surface area contributed by atoms with Gasteiger partial charge in [0.1, 0.15) is 0 Å². The van der Waals surface area contributed by atoms with Gasteiger partial charge in [0.05, 0.1) is 11.1 Å². The molecule has 0 aliphatic carbocycles. The second kappa shape index (κ2) is 8.13. The summed E-state index contributed by atoms with van der Waals surface area (Å²) < 4.78 is 7.49. The number of benzene rings is 1. The number of rotatable bonds is 5. The number of carbonyl (C=O) groups is 2. The van der Waals surface area contributed by atoms with Crippen LogP contribution in [0.25, 0.3) is 0 Å². The van der Waals surface area contributed by atoms with E-state index in [9.17, 15) is 9.59 Å². The molecule has 0 bridgehead atoms. The lowest BCUT2D eigenvalue weighted by Gasteiger charge is -2.26. The molecule has 2 atom stereocenters. The highest BCUT2D eigenvalue weighted by Gasteiger charge is 2.58. The first-order valence-corrected chi connectivity index (χ1v) is 11.3. The lowest BCUT2D eigenvalue weighted by Crippen LogP contribution is -2.41. The number of nitrogens with zero attached hydrogens (tertiary/aromatic N) is 6. The molecule has 0 spiro atoms. The van der Waals surface area contributed by atoms with Crippen LogP contribution >= 0.6 is 0 Å². The van der Waals surface area contributed by atoms with Gasteiger partial charge in [0.25, 0.3) is 5.91 Å². The minimum Gasteiger partial charge on any atom is -0.341 e. The van der Waals surface area contributed by atoms with E-state index in [0.29, 0.717) is 56.4 Å². The Hall–Kier alpha value is -3.49.